The van der Waals surface area contributed by atoms with E-state index in [4.69, 9.17) is 16.3 Å². The maximum absolute atomic E-state index is 13.1. The number of aliphatic imine (C=N–C) groups is 1. The van der Waals surface area contributed by atoms with Gasteiger partial charge >= 0.3 is 0 Å². The van der Waals surface area contributed by atoms with Crippen LogP contribution in [0.15, 0.2) is 71.0 Å². The van der Waals surface area contributed by atoms with E-state index in [1.807, 2.05) is 36.6 Å². The number of carbonyl (C=O) groups excluding carboxylic acids is 2. The van der Waals surface area contributed by atoms with E-state index in [0.717, 1.165) is 17.0 Å². The molecule has 1 aliphatic heterocycles. The summed E-state index contributed by atoms with van der Waals surface area (Å²) in [5.41, 5.74) is 1.32. The topological polar surface area (TPSA) is 71.0 Å². The van der Waals surface area contributed by atoms with Crippen molar-refractivity contribution in [3.8, 4) is 5.75 Å². The lowest BCUT2D eigenvalue weighted by atomic mass is 10.2. The standard InChI is InChI=1S/C25H24ClN3O3S2/c1-2-13-32-20-11-9-18(10-12-20)27-24(31)22-15-23(30)29(16-21-4-3-14-33-21)25(34-22)28-19-7-5-17(26)6-8-19/h3-12,14,22H,2,13,15-16H2,1H3,(H,27,31). The van der Waals surface area contributed by atoms with E-state index in [-0.39, 0.29) is 18.2 Å². The summed E-state index contributed by atoms with van der Waals surface area (Å²) < 4.78 is 5.59. The maximum Gasteiger partial charge on any atom is 0.238 e. The van der Waals surface area contributed by atoms with Crippen molar-refractivity contribution >= 4 is 63.1 Å². The second kappa shape index (κ2) is 11.6. The van der Waals surface area contributed by atoms with Gasteiger partial charge in [0.05, 0.1) is 18.8 Å². The number of nitrogens with one attached hydrogen (secondary N) is 1. The highest BCUT2D eigenvalue weighted by molar-refractivity contribution is 8.15. The minimum absolute atomic E-state index is 0.0964. The summed E-state index contributed by atoms with van der Waals surface area (Å²) in [6.45, 7) is 3.11. The molecular weight excluding hydrogens is 490 g/mol. The van der Waals surface area contributed by atoms with Crippen LogP contribution in [0.3, 0.4) is 0 Å². The van der Waals surface area contributed by atoms with Gasteiger partial charge in [0, 0.05) is 22.0 Å². The van der Waals surface area contributed by atoms with Gasteiger partial charge in [-0.2, -0.15) is 0 Å². The Morgan fingerprint density at radius 1 is 1.18 bits per heavy atom. The van der Waals surface area contributed by atoms with Crippen molar-refractivity contribution in [3.05, 3.63) is 75.9 Å². The minimum atomic E-state index is -0.589. The average molecular weight is 514 g/mol. The van der Waals surface area contributed by atoms with Gasteiger partial charge in [-0.25, -0.2) is 4.99 Å². The van der Waals surface area contributed by atoms with E-state index in [1.54, 1.807) is 52.6 Å². The van der Waals surface area contributed by atoms with Crippen molar-refractivity contribution in [2.24, 2.45) is 4.99 Å². The van der Waals surface area contributed by atoms with Crippen LogP contribution in [0.25, 0.3) is 0 Å². The van der Waals surface area contributed by atoms with Gasteiger partial charge in [-0.1, -0.05) is 36.4 Å². The fourth-order valence-corrected chi connectivity index (χ4v) is 5.18. The lowest BCUT2D eigenvalue weighted by molar-refractivity contribution is -0.129. The second-order valence-corrected chi connectivity index (χ2v) is 10.2. The number of ether oxygens (including phenoxy) is 1. The van der Waals surface area contributed by atoms with Crippen LogP contribution in [0.5, 0.6) is 5.75 Å². The SMILES string of the molecule is CCCOc1ccc(NC(=O)C2CC(=O)N(Cc3cccs3)C(=Nc3ccc(Cl)cc3)S2)cc1. The molecule has 1 aromatic heterocycles. The minimum Gasteiger partial charge on any atom is -0.494 e. The predicted octanol–water partition coefficient (Wildman–Crippen LogP) is 6.35. The van der Waals surface area contributed by atoms with Gasteiger partial charge in [-0.3, -0.25) is 14.5 Å². The molecule has 2 heterocycles. The van der Waals surface area contributed by atoms with Gasteiger partial charge in [0.15, 0.2) is 5.17 Å². The maximum atomic E-state index is 13.1. The number of hydrogen-bond donors (Lipinski definition) is 1. The fourth-order valence-electron chi connectivity index (χ4n) is 3.26. The number of anilines is 1. The summed E-state index contributed by atoms with van der Waals surface area (Å²) in [5.74, 6) is 0.382. The van der Waals surface area contributed by atoms with E-state index in [2.05, 4.69) is 10.3 Å². The first-order valence-corrected chi connectivity index (χ1v) is 13.0. The van der Waals surface area contributed by atoms with Gasteiger partial charge in [0.25, 0.3) is 0 Å². The van der Waals surface area contributed by atoms with Crippen LogP contribution >= 0.6 is 34.7 Å². The van der Waals surface area contributed by atoms with Crippen LogP contribution in [0, 0.1) is 0 Å². The van der Waals surface area contributed by atoms with Gasteiger partial charge in [0.1, 0.15) is 11.0 Å². The molecule has 0 bridgehead atoms. The van der Waals surface area contributed by atoms with Crippen LogP contribution in [-0.4, -0.2) is 33.7 Å². The molecule has 0 radical (unpaired) electrons. The Bertz CT molecular complexity index is 1150. The number of rotatable bonds is 8. The zero-order valence-corrected chi connectivity index (χ0v) is 21.0. The van der Waals surface area contributed by atoms with E-state index in [0.29, 0.717) is 34.7 Å². The Morgan fingerprint density at radius 2 is 1.94 bits per heavy atom. The number of thioether (sulfide) groups is 1. The average Bonchev–Trinajstić information content (AvgIpc) is 3.35. The molecule has 9 heteroatoms. The second-order valence-electron chi connectivity index (χ2n) is 7.60. The lowest BCUT2D eigenvalue weighted by Crippen LogP contribution is -2.44. The zero-order valence-electron chi connectivity index (χ0n) is 18.6. The number of hydrogen-bond acceptors (Lipinski definition) is 6. The number of benzene rings is 2. The molecule has 1 atom stereocenters. The third-order valence-corrected chi connectivity index (χ3v) is 7.27. The molecule has 1 saturated heterocycles. The molecule has 176 valence electrons. The van der Waals surface area contributed by atoms with Crippen molar-refractivity contribution in [3.63, 3.8) is 0 Å². The number of carbonyl (C=O) groups is 2. The first-order valence-electron chi connectivity index (χ1n) is 10.9. The molecule has 34 heavy (non-hydrogen) atoms. The molecule has 2 amide bonds. The first kappa shape index (κ1) is 24.3. The zero-order chi connectivity index (χ0) is 23.9. The van der Waals surface area contributed by atoms with E-state index in [9.17, 15) is 9.59 Å². The van der Waals surface area contributed by atoms with Crippen LogP contribution in [0.4, 0.5) is 11.4 Å². The molecule has 4 rings (SSSR count). The van der Waals surface area contributed by atoms with Crippen LogP contribution in [0.2, 0.25) is 5.02 Å². The summed E-state index contributed by atoms with van der Waals surface area (Å²) in [4.78, 5) is 33.5. The molecule has 0 spiro atoms. The quantitative estimate of drug-likeness (QED) is 0.381. The number of thiophene rings is 1. The van der Waals surface area contributed by atoms with Gasteiger partial charge in [-0.15, -0.1) is 11.3 Å². The van der Waals surface area contributed by atoms with Crippen molar-refractivity contribution in [1.82, 2.24) is 4.90 Å². The molecule has 1 fully saturated rings. The Labute approximate surface area is 212 Å². The van der Waals surface area contributed by atoms with Gasteiger partial charge in [-0.05, 0) is 66.4 Å². The van der Waals surface area contributed by atoms with Crippen molar-refractivity contribution in [1.29, 1.82) is 0 Å². The Kier molecular flexibility index (Phi) is 8.26. The molecule has 2 aromatic carbocycles. The molecular formula is C25H24ClN3O3S2. The van der Waals surface area contributed by atoms with Crippen LogP contribution < -0.4 is 10.1 Å². The van der Waals surface area contributed by atoms with E-state index in [1.165, 1.54) is 11.8 Å². The van der Waals surface area contributed by atoms with Crippen molar-refractivity contribution in [2.45, 2.75) is 31.6 Å². The van der Waals surface area contributed by atoms with Crippen molar-refractivity contribution in [2.75, 3.05) is 11.9 Å². The summed E-state index contributed by atoms with van der Waals surface area (Å²) in [7, 11) is 0. The number of nitrogens with zero attached hydrogens (tertiary/aromatic N) is 2. The molecule has 1 aliphatic rings. The monoisotopic (exact) mass is 513 g/mol. The molecule has 0 saturated carbocycles. The Hall–Kier alpha value is -2.81. The normalized spacial score (nSPS) is 17.1. The highest BCUT2D eigenvalue weighted by Crippen LogP contribution is 2.32. The smallest absolute Gasteiger partial charge is 0.238 e. The molecule has 1 unspecified atom stereocenters. The summed E-state index contributed by atoms with van der Waals surface area (Å²) in [6, 6.07) is 18.2. The predicted molar refractivity (Wildman–Crippen MR) is 140 cm³/mol. The molecule has 1 N–H and O–H groups in total. The largest absolute Gasteiger partial charge is 0.494 e. The first-order chi connectivity index (χ1) is 16.5. The Balaban J connectivity index is 1.51. The summed E-state index contributed by atoms with van der Waals surface area (Å²) in [5, 5.41) is 5.40. The molecule has 3 aromatic rings. The van der Waals surface area contributed by atoms with Crippen molar-refractivity contribution < 1.29 is 14.3 Å². The van der Waals surface area contributed by atoms with Gasteiger partial charge < -0.3 is 10.1 Å². The van der Waals surface area contributed by atoms with E-state index < -0.39 is 5.25 Å². The van der Waals surface area contributed by atoms with Crippen LogP contribution in [0.1, 0.15) is 24.6 Å². The lowest BCUT2D eigenvalue weighted by Gasteiger charge is -2.31. The van der Waals surface area contributed by atoms with Gasteiger partial charge in [0.2, 0.25) is 11.8 Å². The third kappa shape index (κ3) is 6.40. The van der Waals surface area contributed by atoms with E-state index >= 15 is 0 Å². The highest BCUT2D eigenvalue weighted by Gasteiger charge is 2.36. The Morgan fingerprint density at radius 3 is 2.62 bits per heavy atom. The number of amidine groups is 1. The van der Waals surface area contributed by atoms with Crippen LogP contribution in [-0.2, 0) is 16.1 Å². The molecule has 6 nitrogen and oxygen atoms in total. The summed E-state index contributed by atoms with van der Waals surface area (Å²) in [6.07, 6.45) is 1.02. The fraction of sp³-hybridized carbons (Fsp3) is 0.240. The highest BCUT2D eigenvalue weighted by atomic mass is 35.5. The number of amides is 2. The third-order valence-electron chi connectivity index (χ3n) is 4.97. The summed E-state index contributed by atoms with van der Waals surface area (Å²) >= 11 is 8.87. The molecule has 0 aliphatic carbocycles. The number of halogens is 1.